The number of carbonyl (C=O) groups is 1. The predicted molar refractivity (Wildman–Crippen MR) is 73.3 cm³/mol. The summed E-state index contributed by atoms with van der Waals surface area (Å²) in [5.74, 6) is -1.56. The zero-order valence-corrected chi connectivity index (χ0v) is 11.4. The molecule has 112 valence electrons. The minimum Gasteiger partial charge on any atom is -0.476 e. The number of aryl methyl sites for hydroxylation is 1. The first kappa shape index (κ1) is 15.1. The molecule has 0 bridgehead atoms. The molecule has 0 amide bonds. The van der Waals surface area contributed by atoms with Gasteiger partial charge in [-0.05, 0) is 43.5 Å². The van der Waals surface area contributed by atoms with E-state index in [9.17, 15) is 14.3 Å². The van der Waals surface area contributed by atoms with E-state index in [-0.39, 0.29) is 12.3 Å². The van der Waals surface area contributed by atoms with Crippen LogP contribution in [0.15, 0.2) is 24.3 Å². The molecule has 0 aliphatic heterocycles. The summed E-state index contributed by atoms with van der Waals surface area (Å²) in [5.41, 5.74) is 0.774. The summed E-state index contributed by atoms with van der Waals surface area (Å²) in [6.45, 7) is 0.621. The number of rotatable bonds is 7. The second-order valence-electron chi connectivity index (χ2n) is 4.61. The molecule has 0 aliphatic carbocycles. The van der Waals surface area contributed by atoms with Gasteiger partial charge in [0.05, 0.1) is 0 Å². The van der Waals surface area contributed by atoms with E-state index in [4.69, 9.17) is 5.11 Å². The lowest BCUT2D eigenvalue weighted by Crippen LogP contribution is -2.05. The Hall–Kier alpha value is -2.28. The van der Waals surface area contributed by atoms with Crippen molar-refractivity contribution in [2.24, 2.45) is 0 Å². The fraction of sp³-hybridized carbons (Fsp3) is 0.357. The Balaban J connectivity index is 2.29. The first-order valence-electron chi connectivity index (χ1n) is 6.67. The number of aliphatic hydroxyl groups is 1. The van der Waals surface area contributed by atoms with E-state index in [2.05, 4.69) is 10.3 Å². The van der Waals surface area contributed by atoms with Crippen LogP contribution in [-0.2, 0) is 6.54 Å². The summed E-state index contributed by atoms with van der Waals surface area (Å²) in [7, 11) is 0. The Morgan fingerprint density at radius 2 is 1.90 bits per heavy atom. The van der Waals surface area contributed by atoms with E-state index < -0.39 is 11.8 Å². The Labute approximate surface area is 120 Å². The molecule has 0 saturated carbocycles. The molecule has 6 nitrogen and oxygen atoms in total. The number of carboxylic acids is 1. The lowest BCUT2D eigenvalue weighted by Gasteiger charge is -2.07. The van der Waals surface area contributed by atoms with Gasteiger partial charge in [-0.15, -0.1) is 5.10 Å². The van der Waals surface area contributed by atoms with E-state index in [1.54, 1.807) is 0 Å². The quantitative estimate of drug-likeness (QED) is 0.762. The van der Waals surface area contributed by atoms with Crippen molar-refractivity contribution >= 4 is 5.97 Å². The molecule has 21 heavy (non-hydrogen) atoms. The highest BCUT2D eigenvalue weighted by molar-refractivity contribution is 5.92. The summed E-state index contributed by atoms with van der Waals surface area (Å²) in [5, 5.41) is 25.5. The van der Waals surface area contributed by atoms with E-state index >= 15 is 0 Å². The molecule has 0 fully saturated rings. The Kier molecular flexibility index (Phi) is 4.99. The van der Waals surface area contributed by atoms with Crippen LogP contribution in [-0.4, -0.2) is 37.8 Å². The summed E-state index contributed by atoms with van der Waals surface area (Å²) < 4.78 is 14.5. The zero-order valence-electron chi connectivity index (χ0n) is 11.4. The van der Waals surface area contributed by atoms with Gasteiger partial charge >= 0.3 is 5.97 Å². The standard InChI is InChI=1S/C14H16FN3O3/c15-11-6-4-10(5-7-11)13-12(14(20)21)16-17-18(13)8-2-1-3-9-19/h4-7,19H,1-3,8-9H2,(H,20,21). The number of carboxylic acid groups (broad SMARTS) is 1. The van der Waals surface area contributed by atoms with Gasteiger partial charge in [-0.1, -0.05) is 5.21 Å². The third kappa shape index (κ3) is 3.63. The summed E-state index contributed by atoms with van der Waals surface area (Å²) in [6, 6.07) is 5.55. The molecule has 1 aromatic heterocycles. The molecule has 1 heterocycles. The van der Waals surface area contributed by atoms with Gasteiger partial charge < -0.3 is 10.2 Å². The van der Waals surface area contributed by atoms with Gasteiger partial charge in [0.2, 0.25) is 0 Å². The number of aromatic nitrogens is 3. The number of halogens is 1. The summed E-state index contributed by atoms with van der Waals surface area (Å²) in [4.78, 5) is 11.2. The van der Waals surface area contributed by atoms with Crippen molar-refractivity contribution in [2.45, 2.75) is 25.8 Å². The normalized spacial score (nSPS) is 10.8. The molecule has 1 aromatic carbocycles. The zero-order chi connectivity index (χ0) is 15.2. The van der Waals surface area contributed by atoms with E-state index in [0.717, 1.165) is 12.8 Å². The van der Waals surface area contributed by atoms with Crippen LogP contribution >= 0.6 is 0 Å². The molecule has 0 spiro atoms. The summed E-state index contributed by atoms with van der Waals surface area (Å²) >= 11 is 0. The van der Waals surface area contributed by atoms with Crippen molar-refractivity contribution in [2.75, 3.05) is 6.61 Å². The van der Waals surface area contributed by atoms with E-state index in [1.165, 1.54) is 28.9 Å². The van der Waals surface area contributed by atoms with Crippen molar-refractivity contribution in [3.05, 3.63) is 35.8 Å². The number of nitrogens with zero attached hydrogens (tertiary/aromatic N) is 3. The molecule has 7 heteroatoms. The number of hydrogen-bond acceptors (Lipinski definition) is 4. The Bertz CT molecular complexity index is 610. The molecule has 2 aromatic rings. The van der Waals surface area contributed by atoms with Crippen molar-refractivity contribution in [3.63, 3.8) is 0 Å². The average Bonchev–Trinajstić information content (AvgIpc) is 2.88. The molecule has 2 rings (SSSR count). The van der Waals surface area contributed by atoms with Crippen LogP contribution in [0.4, 0.5) is 4.39 Å². The molecular formula is C14H16FN3O3. The van der Waals surface area contributed by atoms with Crippen molar-refractivity contribution < 1.29 is 19.4 Å². The van der Waals surface area contributed by atoms with E-state index in [1.807, 2.05) is 0 Å². The van der Waals surface area contributed by atoms with Crippen LogP contribution in [0.25, 0.3) is 11.3 Å². The average molecular weight is 293 g/mol. The summed E-state index contributed by atoms with van der Waals surface area (Å²) in [6.07, 6.45) is 2.24. The molecule has 0 unspecified atom stereocenters. The second-order valence-corrected chi connectivity index (χ2v) is 4.61. The third-order valence-corrected chi connectivity index (χ3v) is 3.08. The number of benzene rings is 1. The molecule has 0 atom stereocenters. The number of unbranched alkanes of at least 4 members (excludes halogenated alkanes) is 2. The first-order chi connectivity index (χ1) is 10.1. The maximum Gasteiger partial charge on any atom is 0.358 e. The monoisotopic (exact) mass is 293 g/mol. The van der Waals surface area contributed by atoms with Gasteiger partial charge in [0.15, 0.2) is 5.69 Å². The first-order valence-corrected chi connectivity index (χ1v) is 6.67. The highest BCUT2D eigenvalue weighted by Gasteiger charge is 2.20. The highest BCUT2D eigenvalue weighted by Crippen LogP contribution is 2.23. The van der Waals surface area contributed by atoms with Gasteiger partial charge in [0, 0.05) is 18.7 Å². The lowest BCUT2D eigenvalue weighted by atomic mass is 10.1. The van der Waals surface area contributed by atoms with Crippen LogP contribution in [0, 0.1) is 5.82 Å². The molecule has 0 radical (unpaired) electrons. The van der Waals surface area contributed by atoms with Gasteiger partial charge in [-0.3, -0.25) is 0 Å². The van der Waals surface area contributed by atoms with Gasteiger partial charge in [-0.2, -0.15) is 0 Å². The van der Waals surface area contributed by atoms with Crippen LogP contribution < -0.4 is 0 Å². The molecular weight excluding hydrogens is 277 g/mol. The SMILES string of the molecule is O=C(O)c1nnn(CCCCCO)c1-c1ccc(F)cc1. The largest absolute Gasteiger partial charge is 0.476 e. The number of hydrogen-bond donors (Lipinski definition) is 2. The lowest BCUT2D eigenvalue weighted by molar-refractivity contribution is 0.0691. The molecule has 2 N–H and O–H groups in total. The number of aromatic carboxylic acids is 1. The van der Waals surface area contributed by atoms with Gasteiger partial charge in [-0.25, -0.2) is 13.9 Å². The van der Waals surface area contributed by atoms with E-state index in [0.29, 0.717) is 24.2 Å². The second kappa shape index (κ2) is 6.94. The molecule has 0 aliphatic rings. The Morgan fingerprint density at radius 3 is 2.52 bits per heavy atom. The maximum atomic E-state index is 13.0. The predicted octanol–water partition coefficient (Wildman–Crippen LogP) is 1.94. The topological polar surface area (TPSA) is 88.2 Å². The fourth-order valence-electron chi connectivity index (χ4n) is 2.06. The minimum absolute atomic E-state index is 0.128. The van der Waals surface area contributed by atoms with Crippen molar-refractivity contribution in [1.29, 1.82) is 0 Å². The van der Waals surface area contributed by atoms with Crippen LogP contribution in [0.1, 0.15) is 29.8 Å². The van der Waals surface area contributed by atoms with Crippen LogP contribution in [0.2, 0.25) is 0 Å². The fourth-order valence-corrected chi connectivity index (χ4v) is 2.06. The smallest absolute Gasteiger partial charge is 0.358 e. The number of aliphatic hydroxyl groups excluding tert-OH is 1. The van der Waals surface area contributed by atoms with Gasteiger partial charge in [0.1, 0.15) is 11.5 Å². The maximum absolute atomic E-state index is 13.0. The third-order valence-electron chi connectivity index (χ3n) is 3.08. The van der Waals surface area contributed by atoms with Crippen molar-refractivity contribution in [3.8, 4) is 11.3 Å². The van der Waals surface area contributed by atoms with Gasteiger partial charge in [0.25, 0.3) is 0 Å². The highest BCUT2D eigenvalue weighted by atomic mass is 19.1. The van der Waals surface area contributed by atoms with Crippen LogP contribution in [0.3, 0.4) is 0 Å². The van der Waals surface area contributed by atoms with Crippen LogP contribution in [0.5, 0.6) is 0 Å². The Morgan fingerprint density at radius 1 is 1.19 bits per heavy atom. The minimum atomic E-state index is -1.17. The molecule has 0 saturated heterocycles. The van der Waals surface area contributed by atoms with Crippen molar-refractivity contribution in [1.82, 2.24) is 15.0 Å².